The van der Waals surface area contributed by atoms with E-state index < -0.39 is 5.91 Å². The summed E-state index contributed by atoms with van der Waals surface area (Å²) in [7, 11) is 0. The van der Waals surface area contributed by atoms with Gasteiger partial charge in [-0.2, -0.15) is 0 Å². The number of pyridine rings is 1. The summed E-state index contributed by atoms with van der Waals surface area (Å²) >= 11 is 0. The number of para-hydroxylation sites is 1. The minimum absolute atomic E-state index is 0.145. The molecule has 1 aliphatic rings. The lowest BCUT2D eigenvalue weighted by atomic mass is 10.0. The van der Waals surface area contributed by atoms with Gasteiger partial charge in [-0.25, -0.2) is 0 Å². The van der Waals surface area contributed by atoms with Gasteiger partial charge in [0.05, 0.1) is 12.1 Å². The lowest BCUT2D eigenvalue weighted by Crippen LogP contribution is -2.32. The first-order chi connectivity index (χ1) is 15.4. The number of nitrogens with one attached hydrogen (secondary N) is 2. The number of carbonyl (C=O) groups is 3. The van der Waals surface area contributed by atoms with E-state index in [0.717, 1.165) is 16.8 Å². The van der Waals surface area contributed by atoms with E-state index >= 15 is 0 Å². The van der Waals surface area contributed by atoms with Crippen LogP contribution in [0.4, 0.5) is 11.4 Å². The number of hydrogen-bond donors (Lipinski definition) is 2. The molecule has 0 bridgehead atoms. The molecule has 2 N–H and O–H groups in total. The molecule has 0 radical (unpaired) electrons. The quantitative estimate of drug-likeness (QED) is 0.586. The molecule has 1 aliphatic heterocycles. The van der Waals surface area contributed by atoms with Crippen molar-refractivity contribution in [3.8, 4) is 0 Å². The fourth-order valence-corrected chi connectivity index (χ4v) is 3.55. The number of amides is 3. The Morgan fingerprint density at radius 1 is 0.938 bits per heavy atom. The summed E-state index contributed by atoms with van der Waals surface area (Å²) in [6, 6.07) is 18.0. The molecular formula is C25H22N4O3. The van der Waals surface area contributed by atoms with E-state index in [1.807, 2.05) is 31.2 Å². The van der Waals surface area contributed by atoms with Crippen LogP contribution in [0.1, 0.15) is 23.6 Å². The van der Waals surface area contributed by atoms with Gasteiger partial charge in [0.1, 0.15) is 5.70 Å². The Balaban J connectivity index is 1.73. The second-order valence-electron chi connectivity index (χ2n) is 7.50. The summed E-state index contributed by atoms with van der Waals surface area (Å²) in [5.41, 5.74) is 4.23. The first-order valence-electron chi connectivity index (χ1n) is 10.1. The fraction of sp³-hybridized carbons (Fsp3) is 0.120. The van der Waals surface area contributed by atoms with E-state index in [9.17, 15) is 14.4 Å². The third kappa shape index (κ3) is 4.27. The fourth-order valence-electron chi connectivity index (χ4n) is 3.55. The van der Waals surface area contributed by atoms with Crippen LogP contribution in [-0.4, -0.2) is 27.6 Å². The summed E-state index contributed by atoms with van der Waals surface area (Å²) in [6.07, 6.45) is 3.25. The van der Waals surface area contributed by atoms with Crippen molar-refractivity contribution in [3.63, 3.8) is 0 Å². The molecule has 4 rings (SSSR count). The molecule has 3 aromatic rings. The highest BCUT2D eigenvalue weighted by Crippen LogP contribution is 2.32. The Kier molecular flexibility index (Phi) is 5.81. The average molecular weight is 426 g/mol. The van der Waals surface area contributed by atoms with E-state index in [1.165, 1.54) is 11.8 Å². The molecule has 32 heavy (non-hydrogen) atoms. The second kappa shape index (κ2) is 8.85. The smallest absolute Gasteiger partial charge is 0.278 e. The molecule has 0 atom stereocenters. The molecular weight excluding hydrogens is 404 g/mol. The van der Waals surface area contributed by atoms with Crippen LogP contribution in [0.3, 0.4) is 0 Å². The van der Waals surface area contributed by atoms with Crippen LogP contribution in [0.15, 0.2) is 78.8 Å². The van der Waals surface area contributed by atoms with Crippen LogP contribution in [0, 0.1) is 6.92 Å². The highest BCUT2D eigenvalue weighted by molar-refractivity contribution is 6.36. The van der Waals surface area contributed by atoms with Crippen molar-refractivity contribution in [3.05, 3.63) is 95.4 Å². The molecule has 2 heterocycles. The number of aromatic nitrogens is 1. The average Bonchev–Trinajstić information content (AvgIpc) is 3.00. The monoisotopic (exact) mass is 426 g/mol. The topological polar surface area (TPSA) is 91.4 Å². The van der Waals surface area contributed by atoms with Crippen molar-refractivity contribution in [1.29, 1.82) is 0 Å². The Morgan fingerprint density at radius 3 is 2.28 bits per heavy atom. The highest BCUT2D eigenvalue weighted by Gasteiger charge is 2.39. The third-order valence-corrected chi connectivity index (χ3v) is 5.16. The van der Waals surface area contributed by atoms with Gasteiger partial charge in [-0.15, -0.1) is 0 Å². The first-order valence-corrected chi connectivity index (χ1v) is 10.1. The second-order valence-corrected chi connectivity index (χ2v) is 7.50. The van der Waals surface area contributed by atoms with Gasteiger partial charge in [-0.3, -0.25) is 24.3 Å². The minimum Gasteiger partial charge on any atom is -0.350 e. The number of anilines is 2. The number of benzene rings is 2. The maximum Gasteiger partial charge on any atom is 0.278 e. The van der Waals surface area contributed by atoms with Gasteiger partial charge < -0.3 is 10.6 Å². The van der Waals surface area contributed by atoms with Crippen LogP contribution >= 0.6 is 0 Å². The molecule has 3 amide bonds. The Morgan fingerprint density at radius 2 is 1.62 bits per heavy atom. The van der Waals surface area contributed by atoms with Gasteiger partial charge in [0.15, 0.2) is 0 Å². The van der Waals surface area contributed by atoms with Crippen molar-refractivity contribution >= 4 is 34.7 Å². The lowest BCUT2D eigenvalue weighted by molar-refractivity contribution is -0.137. The molecule has 0 aliphatic carbocycles. The molecule has 0 fully saturated rings. The predicted molar refractivity (Wildman–Crippen MR) is 122 cm³/mol. The highest BCUT2D eigenvalue weighted by atomic mass is 16.2. The molecule has 0 spiro atoms. The Labute approximate surface area is 185 Å². The summed E-state index contributed by atoms with van der Waals surface area (Å²) < 4.78 is 0. The van der Waals surface area contributed by atoms with Gasteiger partial charge in [-0.05, 0) is 53.9 Å². The zero-order valence-electron chi connectivity index (χ0n) is 17.8. The van der Waals surface area contributed by atoms with Crippen molar-refractivity contribution in [1.82, 2.24) is 9.88 Å². The SMILES string of the molecule is CC(=O)Nc1ccc(C2=C(Nc3ccccc3C)C(=O)N(Cc3ccncc3)C2=O)cc1. The predicted octanol–water partition coefficient (Wildman–Crippen LogP) is 3.74. The van der Waals surface area contributed by atoms with E-state index in [0.29, 0.717) is 16.8 Å². The normalized spacial score (nSPS) is 13.5. The molecule has 7 nitrogen and oxygen atoms in total. The zero-order chi connectivity index (χ0) is 22.7. The van der Waals surface area contributed by atoms with E-state index in [4.69, 9.17) is 0 Å². The molecule has 0 saturated heterocycles. The van der Waals surface area contributed by atoms with E-state index in [-0.39, 0.29) is 24.1 Å². The summed E-state index contributed by atoms with van der Waals surface area (Å²) in [4.78, 5) is 43.3. The Bertz CT molecular complexity index is 1220. The van der Waals surface area contributed by atoms with Gasteiger partial charge in [0.2, 0.25) is 5.91 Å². The van der Waals surface area contributed by atoms with Gasteiger partial charge >= 0.3 is 0 Å². The Hall–Kier alpha value is -4.26. The maximum atomic E-state index is 13.4. The van der Waals surface area contributed by atoms with Crippen molar-refractivity contribution in [2.24, 2.45) is 0 Å². The summed E-state index contributed by atoms with van der Waals surface area (Å²) in [6.45, 7) is 3.50. The first kappa shape index (κ1) is 21.0. The van der Waals surface area contributed by atoms with Crippen LogP contribution in [0.2, 0.25) is 0 Å². The largest absolute Gasteiger partial charge is 0.350 e. The minimum atomic E-state index is -0.393. The lowest BCUT2D eigenvalue weighted by Gasteiger charge is -2.15. The molecule has 2 aromatic carbocycles. The van der Waals surface area contributed by atoms with Gasteiger partial charge in [0, 0.05) is 30.7 Å². The van der Waals surface area contributed by atoms with E-state index in [1.54, 1.807) is 48.8 Å². The number of nitrogens with zero attached hydrogens (tertiary/aromatic N) is 2. The third-order valence-electron chi connectivity index (χ3n) is 5.16. The number of rotatable bonds is 6. The standard InChI is InChI=1S/C25H22N4O3/c1-16-5-3-4-6-21(16)28-23-22(19-7-9-20(10-8-19)27-17(2)30)24(31)29(25(23)32)15-18-11-13-26-14-12-18/h3-14,28H,15H2,1-2H3,(H,27,30). The van der Waals surface area contributed by atoms with Crippen LogP contribution in [-0.2, 0) is 20.9 Å². The number of aryl methyl sites for hydroxylation is 1. The molecule has 0 saturated carbocycles. The molecule has 0 unspecified atom stereocenters. The van der Waals surface area contributed by atoms with Crippen molar-refractivity contribution in [2.45, 2.75) is 20.4 Å². The molecule has 7 heteroatoms. The zero-order valence-corrected chi connectivity index (χ0v) is 17.8. The van der Waals surface area contributed by atoms with Crippen LogP contribution in [0.5, 0.6) is 0 Å². The summed E-state index contributed by atoms with van der Waals surface area (Å²) in [5, 5.41) is 5.89. The van der Waals surface area contributed by atoms with Gasteiger partial charge in [0.25, 0.3) is 11.8 Å². The number of carbonyl (C=O) groups excluding carboxylic acids is 3. The number of hydrogen-bond acceptors (Lipinski definition) is 5. The number of imide groups is 1. The molecule has 1 aromatic heterocycles. The summed E-state index contributed by atoms with van der Waals surface area (Å²) in [5.74, 6) is -0.958. The van der Waals surface area contributed by atoms with E-state index in [2.05, 4.69) is 15.6 Å². The molecule has 160 valence electrons. The van der Waals surface area contributed by atoms with Gasteiger partial charge in [-0.1, -0.05) is 30.3 Å². The maximum absolute atomic E-state index is 13.4. The van der Waals surface area contributed by atoms with Crippen molar-refractivity contribution in [2.75, 3.05) is 10.6 Å². The van der Waals surface area contributed by atoms with Crippen molar-refractivity contribution < 1.29 is 14.4 Å². The van der Waals surface area contributed by atoms with Crippen LogP contribution < -0.4 is 10.6 Å². The van der Waals surface area contributed by atoms with Crippen LogP contribution in [0.25, 0.3) is 5.57 Å².